The van der Waals surface area contributed by atoms with Gasteiger partial charge in [-0.1, -0.05) is 115 Å². The van der Waals surface area contributed by atoms with E-state index in [0.717, 1.165) is 139 Å². The second-order valence-corrected chi connectivity index (χ2v) is 20.4. The first-order chi connectivity index (χ1) is 38.1. The van der Waals surface area contributed by atoms with Crippen LogP contribution in [0.25, 0.3) is 87.0 Å². The normalized spacial score (nSPS) is 12.6. The molecule has 0 atom stereocenters. The fourth-order valence-corrected chi connectivity index (χ4v) is 12.5. The lowest BCUT2D eigenvalue weighted by Gasteiger charge is -2.32. The summed E-state index contributed by atoms with van der Waals surface area (Å²) in [6.07, 6.45) is 0. The Hall–Kier alpha value is -10.2. The van der Waals surface area contributed by atoms with Crippen molar-refractivity contribution in [2.24, 2.45) is 0 Å². The number of hydrogen-bond acceptors (Lipinski definition) is 6. The van der Waals surface area contributed by atoms with Crippen LogP contribution in [0.4, 0.5) is 34.1 Å². The Labute approximate surface area is 441 Å². The van der Waals surface area contributed by atoms with Crippen LogP contribution in [0.15, 0.2) is 258 Å². The highest BCUT2D eigenvalue weighted by Crippen LogP contribution is 2.45. The molecule has 7 heteroatoms. The molecule has 2 aliphatic rings. The maximum atomic E-state index is 6.99. The van der Waals surface area contributed by atoms with E-state index < -0.39 is 0 Å². The topological polar surface area (TPSA) is 51.2 Å². The number of nitrogens with zero attached hydrogens (tertiary/aromatic N) is 2. The van der Waals surface area contributed by atoms with E-state index in [2.05, 4.69) is 240 Å². The quantitative estimate of drug-likeness (QED) is 0.155. The lowest BCUT2D eigenvalue weighted by Crippen LogP contribution is -2.57. The molecule has 2 aromatic heterocycles. The molecule has 358 valence electrons. The van der Waals surface area contributed by atoms with Gasteiger partial charge in [0.1, 0.15) is 45.3 Å². The standard InChI is InChI=1S/C70H41BN2O4/c1-3-16-48(17-4-1)72(50-26-22-42-12-7-9-14-44(42)34-50)52-28-32-54-46(36-52)24-30-56-58-38-66-60(40-64(58)76-69(54)56)71-61-41-65-59(39-67(61)75-63-21-11-20-62(74-66)68(63)71)57-31-25-47-37-53(29-33-55(47)70(57)77-65)73(49-18-5-2-6-19-49)51-27-23-43-13-8-10-15-45(43)35-51/h1-41H. The first-order valence-corrected chi connectivity index (χ1v) is 26.1. The molecule has 0 spiro atoms. The third-order valence-corrected chi connectivity index (χ3v) is 16.0. The Morgan fingerprint density at radius 1 is 0.260 bits per heavy atom. The molecule has 0 bridgehead atoms. The van der Waals surface area contributed by atoms with Gasteiger partial charge in [0.15, 0.2) is 0 Å². The van der Waals surface area contributed by atoms with Crippen molar-refractivity contribution in [2.45, 2.75) is 0 Å². The van der Waals surface area contributed by atoms with Gasteiger partial charge in [-0.3, -0.25) is 0 Å². The van der Waals surface area contributed by atoms with Gasteiger partial charge in [-0.2, -0.15) is 0 Å². The second-order valence-electron chi connectivity index (χ2n) is 20.4. The van der Waals surface area contributed by atoms with Crippen LogP contribution in [0.5, 0.6) is 23.0 Å². The summed E-state index contributed by atoms with van der Waals surface area (Å²) in [7, 11) is 0. The number of furan rings is 2. The van der Waals surface area contributed by atoms with Crippen molar-refractivity contribution in [1.82, 2.24) is 0 Å². The van der Waals surface area contributed by atoms with Gasteiger partial charge in [0.25, 0.3) is 6.71 Å². The smallest absolute Gasteiger partial charge is 0.261 e. The largest absolute Gasteiger partial charge is 0.458 e. The number of ether oxygens (including phenoxy) is 2. The number of anilines is 6. The maximum absolute atomic E-state index is 6.99. The minimum Gasteiger partial charge on any atom is -0.458 e. The van der Waals surface area contributed by atoms with Crippen LogP contribution >= 0.6 is 0 Å². The molecule has 2 aliphatic heterocycles. The van der Waals surface area contributed by atoms with Gasteiger partial charge in [0.05, 0.1) is 0 Å². The Balaban J connectivity index is 0.772. The highest BCUT2D eigenvalue weighted by atomic mass is 16.5. The highest BCUT2D eigenvalue weighted by Gasteiger charge is 2.41. The molecule has 0 amide bonds. The van der Waals surface area contributed by atoms with Gasteiger partial charge in [-0.15, -0.1) is 0 Å². The Bertz CT molecular complexity index is 4660. The van der Waals surface area contributed by atoms with Gasteiger partial charge in [0.2, 0.25) is 0 Å². The molecule has 0 fully saturated rings. The van der Waals surface area contributed by atoms with Crippen LogP contribution in [0.1, 0.15) is 0 Å². The third kappa shape index (κ3) is 6.44. The van der Waals surface area contributed by atoms with Crippen molar-refractivity contribution >= 4 is 144 Å². The van der Waals surface area contributed by atoms with Crippen molar-refractivity contribution in [3.63, 3.8) is 0 Å². The molecule has 0 saturated carbocycles. The van der Waals surface area contributed by atoms with Crippen molar-refractivity contribution in [2.75, 3.05) is 9.80 Å². The lowest BCUT2D eigenvalue weighted by atomic mass is 9.35. The first-order valence-electron chi connectivity index (χ1n) is 26.1. The summed E-state index contributed by atoms with van der Waals surface area (Å²) < 4.78 is 27.6. The highest BCUT2D eigenvalue weighted by molar-refractivity contribution is 6.98. The summed E-state index contributed by atoms with van der Waals surface area (Å²) in [4.78, 5) is 4.64. The van der Waals surface area contributed by atoms with Gasteiger partial charge in [-0.05, 0) is 177 Å². The fourth-order valence-electron chi connectivity index (χ4n) is 12.5. The zero-order valence-corrected chi connectivity index (χ0v) is 41.3. The summed E-state index contributed by atoms with van der Waals surface area (Å²) in [5.74, 6) is 3.16. The van der Waals surface area contributed by atoms with Gasteiger partial charge in [0, 0.05) is 71.9 Å². The summed E-state index contributed by atoms with van der Waals surface area (Å²) in [6.45, 7) is -0.194. The van der Waals surface area contributed by atoms with Crippen LogP contribution in [-0.4, -0.2) is 6.71 Å². The Kier molecular flexibility index (Phi) is 8.83. The molecule has 15 aromatic rings. The predicted molar refractivity (Wildman–Crippen MR) is 318 cm³/mol. The number of benzene rings is 13. The molecule has 17 rings (SSSR count). The van der Waals surface area contributed by atoms with Gasteiger partial charge in [-0.25, -0.2) is 0 Å². The van der Waals surface area contributed by atoms with Crippen LogP contribution in [0.2, 0.25) is 0 Å². The molecular formula is C70H41BN2O4. The molecule has 77 heavy (non-hydrogen) atoms. The van der Waals surface area contributed by atoms with E-state index in [-0.39, 0.29) is 6.71 Å². The average Bonchev–Trinajstić information content (AvgIpc) is 4.11. The van der Waals surface area contributed by atoms with E-state index in [1.165, 1.54) is 21.5 Å². The second kappa shape index (κ2) is 16.1. The zero-order valence-electron chi connectivity index (χ0n) is 41.3. The Morgan fingerprint density at radius 3 is 1.12 bits per heavy atom. The van der Waals surface area contributed by atoms with E-state index in [1.54, 1.807) is 0 Å². The number of hydrogen-bond donors (Lipinski definition) is 0. The molecule has 0 N–H and O–H groups in total. The van der Waals surface area contributed by atoms with E-state index in [4.69, 9.17) is 18.3 Å². The summed E-state index contributed by atoms with van der Waals surface area (Å²) in [6, 6.07) is 88.4. The van der Waals surface area contributed by atoms with E-state index in [1.807, 2.05) is 18.2 Å². The number of para-hydroxylation sites is 2. The fraction of sp³-hybridized carbons (Fsp3) is 0. The van der Waals surface area contributed by atoms with Gasteiger partial charge >= 0.3 is 0 Å². The molecule has 13 aromatic carbocycles. The van der Waals surface area contributed by atoms with E-state index >= 15 is 0 Å². The SMILES string of the molecule is c1ccc(N(c2ccc3ccccc3c2)c2ccc3c(ccc4c5cc6c(cc5oc34)B3c4cc5oc7c8ccc(N(c9ccccc9)c9ccc%10ccccc%10c9)cc8ccc7c5cc4Oc4cccc(c43)O6)c2)cc1. The number of rotatable bonds is 6. The van der Waals surface area contributed by atoms with Crippen LogP contribution in [0.3, 0.4) is 0 Å². The summed E-state index contributed by atoms with van der Waals surface area (Å²) in [5, 5.41) is 13.2. The molecule has 0 radical (unpaired) electrons. The summed E-state index contributed by atoms with van der Waals surface area (Å²) in [5.41, 5.74) is 12.8. The van der Waals surface area contributed by atoms with E-state index in [0.29, 0.717) is 0 Å². The monoisotopic (exact) mass is 984 g/mol. The third-order valence-electron chi connectivity index (χ3n) is 16.0. The van der Waals surface area contributed by atoms with Crippen molar-refractivity contribution < 1.29 is 18.3 Å². The molecule has 0 unspecified atom stereocenters. The van der Waals surface area contributed by atoms with Crippen molar-refractivity contribution in [3.8, 4) is 23.0 Å². The average molecular weight is 985 g/mol. The van der Waals surface area contributed by atoms with E-state index in [9.17, 15) is 0 Å². The molecule has 0 saturated heterocycles. The minimum atomic E-state index is -0.194. The number of fused-ring (bicyclic) bond motifs is 16. The molecule has 0 aliphatic carbocycles. The van der Waals surface area contributed by atoms with Crippen molar-refractivity contribution in [3.05, 3.63) is 249 Å². The van der Waals surface area contributed by atoms with Crippen molar-refractivity contribution in [1.29, 1.82) is 0 Å². The summed E-state index contributed by atoms with van der Waals surface area (Å²) >= 11 is 0. The molecule has 6 nitrogen and oxygen atoms in total. The minimum absolute atomic E-state index is 0.194. The van der Waals surface area contributed by atoms with Crippen LogP contribution < -0.4 is 35.7 Å². The van der Waals surface area contributed by atoms with Gasteiger partial charge < -0.3 is 28.1 Å². The predicted octanol–water partition coefficient (Wildman–Crippen LogP) is 17.8. The zero-order chi connectivity index (χ0) is 50.3. The lowest BCUT2D eigenvalue weighted by molar-refractivity contribution is 0.465. The van der Waals surface area contributed by atoms with Crippen LogP contribution in [-0.2, 0) is 0 Å². The maximum Gasteiger partial charge on any atom is 0.261 e. The Morgan fingerprint density at radius 2 is 0.649 bits per heavy atom. The first kappa shape index (κ1) is 42.2. The molecule has 4 heterocycles. The van der Waals surface area contributed by atoms with Crippen LogP contribution in [0, 0.1) is 0 Å². The molecular weight excluding hydrogens is 944 g/mol.